The van der Waals surface area contributed by atoms with Gasteiger partial charge in [0.05, 0.1) is 18.7 Å². The summed E-state index contributed by atoms with van der Waals surface area (Å²) in [7, 11) is 0. The number of amides is 2. The number of rotatable bonds is 6. The van der Waals surface area contributed by atoms with Gasteiger partial charge in [-0.05, 0) is 42.6 Å². The lowest BCUT2D eigenvalue weighted by molar-refractivity contribution is -0.131. The van der Waals surface area contributed by atoms with Crippen molar-refractivity contribution in [1.29, 1.82) is 0 Å². The molecule has 0 aliphatic carbocycles. The molecule has 2 amide bonds. The van der Waals surface area contributed by atoms with Gasteiger partial charge in [-0.2, -0.15) is 0 Å². The van der Waals surface area contributed by atoms with Gasteiger partial charge in [-0.15, -0.1) is 0 Å². The van der Waals surface area contributed by atoms with E-state index in [4.69, 9.17) is 16.0 Å². The van der Waals surface area contributed by atoms with Crippen molar-refractivity contribution < 1.29 is 18.6 Å². The molecule has 31 heavy (non-hydrogen) atoms. The molecule has 9 nitrogen and oxygen atoms in total. The first-order valence-electron chi connectivity index (χ1n) is 10.0. The third-order valence-corrected chi connectivity index (χ3v) is 5.47. The number of benzene rings is 1. The number of nitrogens with one attached hydrogen (secondary N) is 1. The Hall–Kier alpha value is -3.20. The number of hydrogen-bond acceptors (Lipinski definition) is 7. The molecule has 1 aromatic carbocycles. The summed E-state index contributed by atoms with van der Waals surface area (Å²) >= 11 is 6.04. The van der Waals surface area contributed by atoms with Crippen LogP contribution in [0.4, 0.5) is 0 Å². The maximum absolute atomic E-state index is 12.6. The number of aryl methyl sites for hydroxylation is 1. The molecule has 0 saturated carbocycles. The van der Waals surface area contributed by atoms with E-state index in [-0.39, 0.29) is 24.1 Å². The number of piperidine rings is 1. The van der Waals surface area contributed by atoms with E-state index >= 15 is 0 Å². The SMILES string of the molecule is Cc1nonc1C(=O)NCC(=O)N1CCC[C@H](c2ncc(Cc3cccc(Cl)c3)o2)C1. The number of hydrogen-bond donors (Lipinski definition) is 1. The van der Waals surface area contributed by atoms with E-state index in [9.17, 15) is 9.59 Å². The van der Waals surface area contributed by atoms with Gasteiger partial charge in [0, 0.05) is 24.5 Å². The highest BCUT2D eigenvalue weighted by Crippen LogP contribution is 2.27. The van der Waals surface area contributed by atoms with Crippen molar-refractivity contribution in [2.24, 2.45) is 0 Å². The summed E-state index contributed by atoms with van der Waals surface area (Å²) in [5, 5.41) is 10.4. The van der Waals surface area contributed by atoms with Crippen LogP contribution < -0.4 is 5.32 Å². The summed E-state index contributed by atoms with van der Waals surface area (Å²) < 4.78 is 10.5. The molecule has 1 saturated heterocycles. The molecule has 1 fully saturated rings. The highest BCUT2D eigenvalue weighted by Gasteiger charge is 2.28. The van der Waals surface area contributed by atoms with Crippen molar-refractivity contribution in [3.8, 4) is 0 Å². The summed E-state index contributed by atoms with van der Waals surface area (Å²) in [5.74, 6) is 0.743. The van der Waals surface area contributed by atoms with Gasteiger partial charge >= 0.3 is 0 Å². The lowest BCUT2D eigenvalue weighted by Crippen LogP contribution is -2.44. The van der Waals surface area contributed by atoms with Crippen molar-refractivity contribution in [2.45, 2.75) is 32.1 Å². The Morgan fingerprint density at radius 3 is 2.97 bits per heavy atom. The van der Waals surface area contributed by atoms with Crippen LogP contribution in [0.2, 0.25) is 5.02 Å². The van der Waals surface area contributed by atoms with Gasteiger partial charge < -0.3 is 14.6 Å². The fraction of sp³-hybridized carbons (Fsp3) is 0.381. The van der Waals surface area contributed by atoms with Gasteiger partial charge in [-0.25, -0.2) is 9.61 Å². The minimum atomic E-state index is -0.487. The third-order valence-electron chi connectivity index (χ3n) is 5.23. The molecule has 4 rings (SSSR count). The molecule has 0 radical (unpaired) electrons. The Labute approximate surface area is 183 Å². The normalized spacial score (nSPS) is 16.3. The van der Waals surface area contributed by atoms with Gasteiger partial charge in [-0.3, -0.25) is 9.59 Å². The van der Waals surface area contributed by atoms with Gasteiger partial charge in [-0.1, -0.05) is 28.9 Å². The summed E-state index contributed by atoms with van der Waals surface area (Å²) in [6.45, 7) is 2.62. The first kappa shape index (κ1) is 21.0. The molecule has 1 aliphatic rings. The van der Waals surface area contributed by atoms with Crippen LogP contribution in [0.25, 0.3) is 0 Å². The van der Waals surface area contributed by atoms with Crippen molar-refractivity contribution in [3.63, 3.8) is 0 Å². The highest BCUT2D eigenvalue weighted by atomic mass is 35.5. The summed E-state index contributed by atoms with van der Waals surface area (Å²) in [6.07, 6.45) is 4.05. The molecule has 1 atom stereocenters. The van der Waals surface area contributed by atoms with E-state index in [1.54, 1.807) is 18.0 Å². The van der Waals surface area contributed by atoms with Crippen molar-refractivity contribution >= 4 is 23.4 Å². The lowest BCUT2D eigenvalue weighted by atomic mass is 9.98. The largest absolute Gasteiger partial charge is 0.445 e. The average Bonchev–Trinajstić information content (AvgIpc) is 3.41. The van der Waals surface area contributed by atoms with Crippen LogP contribution in [-0.4, -0.2) is 51.6 Å². The monoisotopic (exact) mass is 443 g/mol. The highest BCUT2D eigenvalue weighted by molar-refractivity contribution is 6.30. The van der Waals surface area contributed by atoms with E-state index in [1.807, 2.05) is 24.3 Å². The topological polar surface area (TPSA) is 114 Å². The van der Waals surface area contributed by atoms with Crippen LogP contribution in [0, 0.1) is 6.92 Å². The van der Waals surface area contributed by atoms with E-state index in [2.05, 4.69) is 25.2 Å². The van der Waals surface area contributed by atoms with Gasteiger partial charge in [0.25, 0.3) is 5.91 Å². The molecule has 1 aliphatic heterocycles. The van der Waals surface area contributed by atoms with E-state index in [0.29, 0.717) is 36.1 Å². The van der Waals surface area contributed by atoms with Crippen molar-refractivity contribution in [2.75, 3.05) is 19.6 Å². The predicted molar refractivity (Wildman–Crippen MR) is 111 cm³/mol. The molecule has 0 unspecified atom stereocenters. The average molecular weight is 444 g/mol. The summed E-state index contributed by atoms with van der Waals surface area (Å²) in [4.78, 5) is 30.9. The Morgan fingerprint density at radius 1 is 1.32 bits per heavy atom. The van der Waals surface area contributed by atoms with Crippen molar-refractivity contribution in [1.82, 2.24) is 25.5 Å². The standard InChI is InChI=1S/C21H22ClN5O4/c1-13-19(26-31-25-13)20(29)23-11-18(28)27-7-3-5-15(12-27)21-24-10-17(30-21)9-14-4-2-6-16(22)8-14/h2,4,6,8,10,15H,3,5,7,9,11-12H2,1H3,(H,23,29)/t15-/m0/s1. The Morgan fingerprint density at radius 2 is 2.19 bits per heavy atom. The fourth-order valence-electron chi connectivity index (χ4n) is 3.64. The van der Waals surface area contributed by atoms with Gasteiger partial charge in [0.2, 0.25) is 5.91 Å². The molecule has 162 valence electrons. The number of carbonyl (C=O) groups is 2. The van der Waals surface area contributed by atoms with E-state index in [0.717, 1.165) is 24.2 Å². The molecule has 3 heterocycles. The second-order valence-electron chi connectivity index (χ2n) is 7.53. The number of oxazole rings is 1. The zero-order chi connectivity index (χ0) is 21.8. The lowest BCUT2D eigenvalue weighted by Gasteiger charge is -2.31. The second kappa shape index (κ2) is 9.30. The quantitative estimate of drug-likeness (QED) is 0.622. The molecule has 0 bridgehead atoms. The van der Waals surface area contributed by atoms with Crippen LogP contribution >= 0.6 is 11.6 Å². The Kier molecular flexibility index (Phi) is 6.31. The molecule has 1 N–H and O–H groups in total. The number of aromatic nitrogens is 3. The minimum Gasteiger partial charge on any atom is -0.445 e. The van der Waals surface area contributed by atoms with Crippen LogP contribution in [0.3, 0.4) is 0 Å². The predicted octanol–water partition coefficient (Wildman–Crippen LogP) is 2.75. The smallest absolute Gasteiger partial charge is 0.275 e. The summed E-state index contributed by atoms with van der Waals surface area (Å²) in [5.41, 5.74) is 1.50. The molecule has 10 heteroatoms. The fourth-order valence-corrected chi connectivity index (χ4v) is 3.85. The Balaban J connectivity index is 1.33. The second-order valence-corrected chi connectivity index (χ2v) is 7.97. The first-order valence-corrected chi connectivity index (χ1v) is 10.4. The molecule has 2 aromatic heterocycles. The van der Waals surface area contributed by atoms with Crippen LogP contribution in [0.15, 0.2) is 39.5 Å². The maximum Gasteiger partial charge on any atom is 0.275 e. The molecule has 0 spiro atoms. The van der Waals surface area contributed by atoms with Crippen LogP contribution in [-0.2, 0) is 11.2 Å². The molecule has 3 aromatic rings. The number of nitrogens with zero attached hydrogens (tertiary/aromatic N) is 4. The van der Waals surface area contributed by atoms with Gasteiger partial charge in [0.1, 0.15) is 11.5 Å². The van der Waals surface area contributed by atoms with E-state index in [1.165, 1.54) is 0 Å². The number of halogens is 1. The Bertz CT molecular complexity index is 1080. The van der Waals surface area contributed by atoms with Crippen LogP contribution in [0.5, 0.6) is 0 Å². The maximum atomic E-state index is 12.6. The summed E-state index contributed by atoms with van der Waals surface area (Å²) in [6, 6.07) is 7.62. The minimum absolute atomic E-state index is 0.0171. The van der Waals surface area contributed by atoms with Crippen molar-refractivity contribution in [3.05, 3.63) is 64.1 Å². The molecular weight excluding hydrogens is 422 g/mol. The molecular formula is C21H22ClN5O4. The number of likely N-dealkylation sites (tertiary alicyclic amines) is 1. The third kappa shape index (κ3) is 5.11. The van der Waals surface area contributed by atoms with Crippen LogP contribution in [0.1, 0.15) is 52.2 Å². The zero-order valence-electron chi connectivity index (χ0n) is 17.0. The first-order chi connectivity index (χ1) is 15.0. The van der Waals surface area contributed by atoms with Gasteiger partial charge in [0.15, 0.2) is 11.6 Å². The number of carbonyl (C=O) groups excluding carboxylic acids is 2. The zero-order valence-corrected chi connectivity index (χ0v) is 17.8. The van der Waals surface area contributed by atoms with E-state index < -0.39 is 5.91 Å².